The molecule has 9 heteroatoms. The van der Waals surface area contributed by atoms with Crippen molar-refractivity contribution < 1.29 is 33.5 Å². The topological polar surface area (TPSA) is 97.2 Å². The molecule has 0 aromatic rings. The van der Waals surface area contributed by atoms with E-state index in [0.717, 1.165) is 56.9 Å². The van der Waals surface area contributed by atoms with Gasteiger partial charge in [0.15, 0.2) is 0 Å². The minimum absolute atomic E-state index is 0.0726. The van der Waals surface area contributed by atoms with Gasteiger partial charge in [0.05, 0.1) is 25.0 Å². The first kappa shape index (κ1) is 33.2. The van der Waals surface area contributed by atoms with E-state index in [1.807, 2.05) is 26.8 Å². The van der Waals surface area contributed by atoms with Crippen molar-refractivity contribution in [3.8, 4) is 0 Å². The number of carbonyl (C=O) groups excluding carboxylic acids is 1. The van der Waals surface area contributed by atoms with Crippen molar-refractivity contribution in [2.45, 2.75) is 104 Å². The first-order valence-corrected chi connectivity index (χ1v) is 12.8. The summed E-state index contributed by atoms with van der Waals surface area (Å²) in [5.41, 5.74) is 0.521. The van der Waals surface area contributed by atoms with Crippen LogP contribution in [0.2, 0.25) is 0 Å². The molecule has 204 valence electrons. The lowest BCUT2D eigenvalue weighted by molar-refractivity contribution is -0.354. The summed E-state index contributed by atoms with van der Waals surface area (Å²) in [5, 5.41) is 8.28. The third-order valence-electron chi connectivity index (χ3n) is 5.69. The molecular formula is C26H48N2O7. The number of rotatable bonds is 21. The van der Waals surface area contributed by atoms with Crippen LogP contribution >= 0.6 is 0 Å². The molecule has 3 atom stereocenters. The number of nitrogens with zero attached hydrogens (tertiary/aromatic N) is 2. The predicted octanol–water partition coefficient (Wildman–Crippen LogP) is 6.06. The Kier molecular flexibility index (Phi) is 20.4. The number of hydrogen-bond acceptors (Lipinski definition) is 9. The summed E-state index contributed by atoms with van der Waals surface area (Å²) in [6, 6.07) is 0. The van der Waals surface area contributed by atoms with E-state index in [1.54, 1.807) is 26.6 Å². The second-order valence-electron chi connectivity index (χ2n) is 8.38. The Hall–Kier alpha value is -1.81. The highest BCUT2D eigenvalue weighted by atomic mass is 17.2. The number of allylic oxidation sites excluding steroid dienone is 1. The lowest BCUT2D eigenvalue weighted by Crippen LogP contribution is -2.42. The molecule has 9 nitrogen and oxygen atoms in total. The summed E-state index contributed by atoms with van der Waals surface area (Å²) in [4.78, 5) is 22.6. The molecule has 0 radical (unpaired) electrons. The van der Waals surface area contributed by atoms with Crippen LogP contribution in [0.3, 0.4) is 0 Å². The van der Waals surface area contributed by atoms with Gasteiger partial charge in [0, 0.05) is 20.4 Å². The van der Waals surface area contributed by atoms with Gasteiger partial charge in [-0.05, 0) is 63.5 Å². The zero-order valence-electron chi connectivity index (χ0n) is 22.9. The molecule has 0 saturated carbocycles. The zero-order valence-corrected chi connectivity index (χ0v) is 22.9. The molecule has 0 fully saturated rings. The molecular weight excluding hydrogens is 452 g/mol. The second-order valence-corrected chi connectivity index (χ2v) is 8.38. The largest absolute Gasteiger partial charge is 0.508 e. The molecule has 0 aliphatic heterocycles. The molecule has 0 rings (SSSR count). The van der Waals surface area contributed by atoms with Crippen molar-refractivity contribution in [1.29, 1.82) is 0 Å². The van der Waals surface area contributed by atoms with Gasteiger partial charge >= 0.3 is 6.16 Å². The van der Waals surface area contributed by atoms with Crippen molar-refractivity contribution in [2.75, 3.05) is 34.0 Å². The summed E-state index contributed by atoms with van der Waals surface area (Å²) in [6.07, 6.45) is 10.8. The number of carbonyl (C=O) groups is 1. The van der Waals surface area contributed by atoms with E-state index in [2.05, 4.69) is 24.1 Å². The number of unbranched alkanes of at least 4 members (excludes halogenated alkanes) is 2. The van der Waals surface area contributed by atoms with Crippen molar-refractivity contribution in [2.24, 2.45) is 10.2 Å². The van der Waals surface area contributed by atoms with Crippen molar-refractivity contribution in [3.63, 3.8) is 0 Å². The van der Waals surface area contributed by atoms with Gasteiger partial charge in [0.25, 0.3) is 0 Å². The van der Waals surface area contributed by atoms with Crippen LogP contribution < -0.4 is 0 Å². The van der Waals surface area contributed by atoms with Gasteiger partial charge in [-0.25, -0.2) is 14.6 Å². The van der Waals surface area contributed by atoms with E-state index in [9.17, 15) is 4.79 Å². The predicted molar refractivity (Wildman–Crippen MR) is 139 cm³/mol. The molecule has 3 unspecified atom stereocenters. The highest BCUT2D eigenvalue weighted by molar-refractivity contribution is 5.78. The smallest absolute Gasteiger partial charge is 0.434 e. The van der Waals surface area contributed by atoms with Crippen molar-refractivity contribution in [1.82, 2.24) is 0 Å². The minimum atomic E-state index is -0.691. The third-order valence-corrected chi connectivity index (χ3v) is 5.69. The Balaban J connectivity index is 4.65. The van der Waals surface area contributed by atoms with E-state index in [0.29, 0.717) is 13.2 Å². The fourth-order valence-corrected chi connectivity index (χ4v) is 2.95. The number of methoxy groups -OCH3 is 2. The van der Waals surface area contributed by atoms with Crippen LogP contribution in [0.25, 0.3) is 0 Å². The fourth-order valence-electron chi connectivity index (χ4n) is 2.95. The SMILES string of the molecule is CCCCOOC(CCC\C=N/N=C\C(=C\C(COC(=O)OCCC)OC)CC)C(C)(CC)OC. The molecule has 0 saturated heterocycles. The van der Waals surface area contributed by atoms with Crippen LogP contribution in [-0.4, -0.2) is 70.4 Å². The normalized spacial score (nSPS) is 15.9. The average Bonchev–Trinajstić information content (AvgIpc) is 2.88. The Bertz CT molecular complexity index is 619. The van der Waals surface area contributed by atoms with Crippen LogP contribution in [0.4, 0.5) is 4.79 Å². The first-order chi connectivity index (χ1) is 16.9. The average molecular weight is 501 g/mol. The van der Waals surface area contributed by atoms with Gasteiger partial charge in [0.2, 0.25) is 0 Å². The zero-order chi connectivity index (χ0) is 26.4. The van der Waals surface area contributed by atoms with Crippen molar-refractivity contribution >= 4 is 18.6 Å². The second kappa shape index (κ2) is 21.5. The van der Waals surface area contributed by atoms with E-state index < -0.39 is 11.8 Å². The third kappa shape index (κ3) is 15.7. The Labute approximate surface area is 212 Å². The molecule has 0 N–H and O–H groups in total. The van der Waals surface area contributed by atoms with Gasteiger partial charge in [-0.3, -0.25) is 0 Å². The molecule has 0 spiro atoms. The summed E-state index contributed by atoms with van der Waals surface area (Å²) >= 11 is 0. The highest BCUT2D eigenvalue weighted by Gasteiger charge is 2.34. The Morgan fingerprint density at radius 3 is 2.37 bits per heavy atom. The Morgan fingerprint density at radius 2 is 1.77 bits per heavy atom. The standard InChI is InChI=1S/C26H48N2O7/c1-8-12-18-34-35-24(26(5,11-4)31-7)15-13-14-16-27-28-20-22(10-3)19-23(30-6)21-33-25(29)32-17-9-2/h16,19-20,23-24H,8-15,17-18,21H2,1-7H3/b22-19+,27-16-,28-20-. The van der Waals surface area contributed by atoms with E-state index in [1.165, 1.54) is 0 Å². The van der Waals surface area contributed by atoms with Crippen LogP contribution in [0.15, 0.2) is 21.9 Å². The molecule has 0 aromatic heterocycles. The van der Waals surface area contributed by atoms with E-state index >= 15 is 0 Å². The van der Waals surface area contributed by atoms with Gasteiger partial charge in [-0.15, -0.1) is 0 Å². The molecule has 0 aliphatic carbocycles. The molecule has 0 bridgehead atoms. The first-order valence-electron chi connectivity index (χ1n) is 12.8. The Morgan fingerprint density at radius 1 is 1.00 bits per heavy atom. The molecule has 0 aliphatic rings. The maximum atomic E-state index is 11.5. The molecule has 0 heterocycles. The van der Waals surface area contributed by atoms with E-state index in [-0.39, 0.29) is 18.8 Å². The molecule has 0 amide bonds. The minimum Gasteiger partial charge on any atom is -0.434 e. The summed E-state index contributed by atoms with van der Waals surface area (Å²) in [7, 11) is 3.27. The van der Waals surface area contributed by atoms with Crippen LogP contribution in [-0.2, 0) is 28.7 Å². The number of ether oxygens (including phenoxy) is 4. The van der Waals surface area contributed by atoms with Crippen LogP contribution in [0.1, 0.15) is 86.0 Å². The maximum Gasteiger partial charge on any atom is 0.508 e. The maximum absolute atomic E-state index is 11.5. The van der Waals surface area contributed by atoms with Gasteiger partial charge in [-0.2, -0.15) is 10.2 Å². The van der Waals surface area contributed by atoms with Gasteiger partial charge < -0.3 is 18.9 Å². The van der Waals surface area contributed by atoms with Gasteiger partial charge in [0.1, 0.15) is 18.8 Å². The quantitative estimate of drug-likeness (QED) is 0.0621. The van der Waals surface area contributed by atoms with Gasteiger partial charge in [-0.1, -0.05) is 34.1 Å². The summed E-state index contributed by atoms with van der Waals surface area (Å²) in [6.45, 7) is 11.2. The lowest BCUT2D eigenvalue weighted by Gasteiger charge is -2.34. The highest BCUT2D eigenvalue weighted by Crippen LogP contribution is 2.26. The number of hydrogen-bond donors (Lipinski definition) is 0. The van der Waals surface area contributed by atoms with E-state index in [4.69, 9.17) is 28.7 Å². The monoisotopic (exact) mass is 500 g/mol. The summed E-state index contributed by atoms with van der Waals surface area (Å²) in [5.74, 6) is 0. The lowest BCUT2D eigenvalue weighted by atomic mass is 9.92. The summed E-state index contributed by atoms with van der Waals surface area (Å²) < 4.78 is 21.1. The van der Waals surface area contributed by atoms with Crippen molar-refractivity contribution in [3.05, 3.63) is 11.6 Å². The fraction of sp³-hybridized carbons (Fsp3) is 0.808. The molecule has 35 heavy (non-hydrogen) atoms. The van der Waals surface area contributed by atoms with Crippen LogP contribution in [0.5, 0.6) is 0 Å². The van der Waals surface area contributed by atoms with Crippen LogP contribution in [0, 0.1) is 0 Å². The molecule has 0 aromatic carbocycles.